The van der Waals surface area contributed by atoms with Crippen LogP contribution in [-0.4, -0.2) is 50.2 Å². The van der Waals surface area contributed by atoms with Gasteiger partial charge in [0.25, 0.3) is 0 Å². The Kier molecular flexibility index (Phi) is 49.5. The van der Waals surface area contributed by atoms with Crippen LogP contribution in [0.4, 0.5) is 0 Å². The quantitative estimate of drug-likeness (QED) is 0.114. The fourth-order valence-electron chi connectivity index (χ4n) is 3.33. The third-order valence-corrected chi connectivity index (χ3v) is 8.40. The molecule has 0 spiro atoms. The van der Waals surface area contributed by atoms with Crippen molar-refractivity contribution in [3.63, 3.8) is 0 Å². The Morgan fingerprint density at radius 1 is 0.510 bits per heavy atom. The summed E-state index contributed by atoms with van der Waals surface area (Å²) < 4.78 is 32.5. The van der Waals surface area contributed by atoms with Gasteiger partial charge in [-0.25, -0.2) is 0 Å². The predicted molar refractivity (Wildman–Crippen MR) is 227 cm³/mol. The Morgan fingerprint density at radius 2 is 0.706 bits per heavy atom. The molecule has 0 aromatic heterocycles. The molecule has 0 fully saturated rings. The minimum absolute atomic E-state index is 0. The summed E-state index contributed by atoms with van der Waals surface area (Å²) in [6.45, 7) is 4.00. The molecule has 0 amide bonds. The summed E-state index contributed by atoms with van der Waals surface area (Å²) in [6, 6.07) is 48.3. The van der Waals surface area contributed by atoms with Crippen molar-refractivity contribution in [1.29, 1.82) is 0 Å². The maximum absolute atomic E-state index is 13.8. The second-order valence-electron chi connectivity index (χ2n) is 8.24. The van der Waals surface area contributed by atoms with Crippen LogP contribution in [0.15, 0.2) is 152 Å². The van der Waals surface area contributed by atoms with E-state index < -0.39 is 12.3 Å². The smallest absolute Gasteiger partial charge is 1.00 e. The van der Waals surface area contributed by atoms with Gasteiger partial charge in [-0.2, -0.15) is 0 Å². The summed E-state index contributed by atoms with van der Waals surface area (Å²) in [7, 11) is 2.14. The first-order valence-electron chi connectivity index (χ1n) is 14.1. The number of methoxy groups -OCH3 is 2. The fraction of sp³-hybridized carbons (Fsp3) is 0.189. The molecule has 5 aromatic rings. The van der Waals surface area contributed by atoms with Gasteiger partial charge in [-0.1, -0.05) is 176 Å². The number of benzene rings is 5. The summed E-state index contributed by atoms with van der Waals surface area (Å²) in [5.74, 6) is 2.72. The number of alkyl halides is 1. The molecule has 0 aliphatic rings. The molecule has 0 aliphatic heterocycles. The van der Waals surface area contributed by atoms with Gasteiger partial charge in [0, 0.05) is 35.2 Å². The molecule has 5 aromatic carbocycles. The second kappa shape index (κ2) is 40.5. The molecule has 0 saturated carbocycles. The van der Waals surface area contributed by atoms with Crippen molar-refractivity contribution in [2.45, 2.75) is 21.3 Å². The molecular weight excluding hydrogens is 887 g/mol. The number of halogens is 7. The minimum Gasteiger partial charge on any atom is -1.00 e. The predicted octanol–water partition coefficient (Wildman–Crippen LogP) is 6.74. The van der Waals surface area contributed by atoms with E-state index in [1.807, 2.05) is 171 Å². The van der Waals surface area contributed by atoms with Gasteiger partial charge in [0.05, 0.1) is 7.11 Å². The molecule has 0 heterocycles. The Hall–Kier alpha value is -0.694. The molecule has 0 aliphatic carbocycles. The molecule has 0 saturated heterocycles. The van der Waals surface area contributed by atoms with Crippen molar-refractivity contribution in [2.24, 2.45) is 0 Å². The van der Waals surface area contributed by atoms with Gasteiger partial charge in [-0.05, 0) is 63.8 Å². The molecule has 0 N–H and O–H groups in total. The van der Waals surface area contributed by atoms with Crippen LogP contribution in [0.2, 0.25) is 5.02 Å². The second-order valence-corrected chi connectivity index (χ2v) is 18.1. The molecule has 0 unspecified atom stereocenters. The van der Waals surface area contributed by atoms with Crippen LogP contribution >= 0.6 is 73.6 Å². The minimum atomic E-state index is -3.22. The average Bonchev–Trinajstić information content (AvgIpc) is 3.12. The molecule has 5 rings (SSSR count). The van der Waals surface area contributed by atoms with Gasteiger partial charge in [0.1, 0.15) is 5.75 Å². The number of hydrogen-bond donors (Lipinski definition) is 0. The maximum atomic E-state index is 13.8. The van der Waals surface area contributed by atoms with Gasteiger partial charge >= 0.3 is 28.3 Å². The zero-order chi connectivity index (χ0) is 36.0. The van der Waals surface area contributed by atoms with Crippen molar-refractivity contribution < 1.29 is 43.4 Å². The van der Waals surface area contributed by atoms with Gasteiger partial charge in [0.2, 0.25) is 0 Å². The summed E-state index contributed by atoms with van der Waals surface area (Å²) >= 11 is 22.3. The maximum Gasteiger partial charge on any atom is 2.00 e. The van der Waals surface area contributed by atoms with E-state index >= 15 is 0 Å². The molecule has 0 radical (unpaired) electrons. The molecule has 4 nitrogen and oxygen atoms in total. The van der Waals surface area contributed by atoms with Gasteiger partial charge in [-0.15, -0.1) is 0 Å². The zero-order valence-corrected chi connectivity index (χ0v) is 38.1. The van der Waals surface area contributed by atoms with Crippen LogP contribution in [0.25, 0.3) is 0 Å². The van der Waals surface area contributed by atoms with Gasteiger partial charge in [0.15, 0.2) is 7.14 Å². The number of hydrogen-bond acceptors (Lipinski definition) is 4. The molecule has 0 atom stereocenters. The SMILES string of the molecule is C.CBr.CC.COC.COc1ccccc1.Clc1ccccc1.O=P(Cl)(Cl)Cl.O=P(c1ccccc1)(c1ccccc1)c1ccccc1.[Cl-].[Cl-].[Mg+2]. The van der Waals surface area contributed by atoms with E-state index in [1.165, 1.54) is 0 Å². The molecular formula is C37H47BrCl6MgO4P2. The van der Waals surface area contributed by atoms with Crippen LogP contribution in [-0.2, 0) is 13.9 Å². The van der Waals surface area contributed by atoms with E-state index in [0.29, 0.717) is 0 Å². The third kappa shape index (κ3) is 31.4. The van der Waals surface area contributed by atoms with E-state index in [1.54, 1.807) is 21.3 Å². The van der Waals surface area contributed by atoms with Crippen molar-refractivity contribution in [1.82, 2.24) is 0 Å². The van der Waals surface area contributed by atoms with Crippen LogP contribution in [0.1, 0.15) is 21.3 Å². The van der Waals surface area contributed by atoms with Crippen LogP contribution in [0.5, 0.6) is 5.75 Å². The van der Waals surface area contributed by atoms with E-state index in [2.05, 4.69) is 54.4 Å². The zero-order valence-electron chi connectivity index (χ0n) is 28.8. The van der Waals surface area contributed by atoms with Crippen molar-refractivity contribution in [2.75, 3.05) is 27.2 Å². The molecule has 51 heavy (non-hydrogen) atoms. The van der Waals surface area contributed by atoms with Gasteiger partial charge < -0.3 is 38.9 Å². The molecule has 280 valence electrons. The largest absolute Gasteiger partial charge is 2.00 e. The van der Waals surface area contributed by atoms with Crippen LogP contribution in [0.3, 0.4) is 0 Å². The normalized spacial score (nSPS) is 8.69. The Morgan fingerprint density at radius 3 is 0.863 bits per heavy atom. The fourth-order valence-corrected chi connectivity index (χ4v) is 6.15. The topological polar surface area (TPSA) is 52.6 Å². The van der Waals surface area contributed by atoms with E-state index in [0.717, 1.165) is 26.7 Å². The van der Waals surface area contributed by atoms with E-state index in [4.69, 9.17) is 16.3 Å². The number of ether oxygens (including phenoxy) is 2. The van der Waals surface area contributed by atoms with E-state index in [-0.39, 0.29) is 55.3 Å². The standard InChI is InChI=1S/C18H15OP.C7H8O.C6H5Cl.C2H6O.C2H6.CH3Br.CH4.Cl3OP.2ClH.Mg/c19-20(16-10-4-1-5-11-16,17-12-6-2-7-13-17)18-14-8-3-9-15-18;1-8-7-5-3-2-4-6-7;7-6-4-2-1-3-5-6;1-3-2;2*1-2;;1-5(2,3)4;;;/h1-15H;2-6H,1H3;1-5H;1-2H3;1-2H3;1H3;1H4;;2*1H;/q;;;;;;;;;;+2/p-2. The first kappa shape index (κ1) is 62.3. The Labute approximate surface area is 363 Å². The number of para-hydroxylation sites is 1. The van der Waals surface area contributed by atoms with E-state index in [9.17, 15) is 9.13 Å². The first-order chi connectivity index (χ1) is 22.6. The average molecular weight is 935 g/mol. The van der Waals surface area contributed by atoms with Crippen molar-refractivity contribution in [3.8, 4) is 5.75 Å². The molecule has 0 bridgehead atoms. The van der Waals surface area contributed by atoms with Gasteiger partial charge in [-0.3, -0.25) is 4.57 Å². The van der Waals surface area contributed by atoms with Crippen molar-refractivity contribution in [3.05, 3.63) is 157 Å². The van der Waals surface area contributed by atoms with Crippen molar-refractivity contribution >= 4 is 113 Å². The summed E-state index contributed by atoms with van der Waals surface area (Å²) in [4.78, 5) is 0. The van der Waals surface area contributed by atoms with Crippen LogP contribution < -0.4 is 45.5 Å². The Balaban J connectivity index is -0.000000138. The summed E-state index contributed by atoms with van der Waals surface area (Å²) in [5.41, 5.74) is 0. The molecule has 14 heteroatoms. The third-order valence-electron chi connectivity index (χ3n) is 5.07. The Bertz CT molecular complexity index is 1390. The first-order valence-corrected chi connectivity index (χ1v) is 22.2. The monoisotopic (exact) mass is 930 g/mol. The summed E-state index contributed by atoms with van der Waals surface area (Å²) in [5, 5.41) is 0.190. The number of rotatable bonds is 4. The summed E-state index contributed by atoms with van der Waals surface area (Å²) in [6.07, 6.45) is 0. The van der Waals surface area contributed by atoms with Crippen LogP contribution in [0, 0.1) is 0 Å².